The van der Waals surface area contributed by atoms with Crippen LogP contribution in [0.4, 0.5) is 4.39 Å². The number of rotatable bonds is 10. The van der Waals surface area contributed by atoms with E-state index in [0.717, 1.165) is 0 Å². The normalized spacial score (nSPS) is 19.8. The number of hydrogen-bond donors (Lipinski definition) is 3. The first-order valence-electron chi connectivity index (χ1n) is 14.1. The summed E-state index contributed by atoms with van der Waals surface area (Å²) in [5, 5.41) is 23.2. The average Bonchev–Trinajstić information content (AvgIpc) is 2.96. The lowest BCUT2D eigenvalue weighted by Crippen LogP contribution is -2.56. The Bertz CT molecular complexity index is 1390. The van der Waals surface area contributed by atoms with E-state index in [-0.39, 0.29) is 53.2 Å². The van der Waals surface area contributed by atoms with Crippen molar-refractivity contribution in [2.75, 3.05) is 40.3 Å². The SMILES string of the molecule is Cc1c(F)cccc1C1C(C(=O)c2cccc(O)c2)CN(C(C)C(=O)NCCN(C)C)CC1C(=O)c1cccc(O)c1. The fourth-order valence-corrected chi connectivity index (χ4v) is 5.78. The molecule has 1 amide bonds. The van der Waals surface area contributed by atoms with Crippen molar-refractivity contribution in [2.45, 2.75) is 25.8 Å². The summed E-state index contributed by atoms with van der Waals surface area (Å²) in [6, 6.07) is 16.0. The van der Waals surface area contributed by atoms with Gasteiger partial charge in [0.2, 0.25) is 5.91 Å². The van der Waals surface area contributed by atoms with Crippen LogP contribution < -0.4 is 5.32 Å². The third-order valence-corrected chi connectivity index (χ3v) is 8.12. The molecule has 1 saturated heterocycles. The van der Waals surface area contributed by atoms with Gasteiger partial charge in [-0.05, 0) is 69.4 Å². The summed E-state index contributed by atoms with van der Waals surface area (Å²) >= 11 is 0. The Morgan fingerprint density at radius 1 is 0.929 bits per heavy atom. The fourth-order valence-electron chi connectivity index (χ4n) is 5.78. The lowest BCUT2D eigenvalue weighted by Gasteiger charge is -2.45. The maximum atomic E-state index is 14.9. The topological polar surface area (TPSA) is 110 Å². The Labute approximate surface area is 245 Å². The van der Waals surface area contributed by atoms with Crippen LogP contribution >= 0.6 is 0 Å². The molecule has 3 aromatic rings. The first kappa shape index (κ1) is 30.9. The summed E-state index contributed by atoms with van der Waals surface area (Å²) in [6.45, 7) is 4.74. The summed E-state index contributed by atoms with van der Waals surface area (Å²) in [7, 11) is 3.81. The minimum atomic E-state index is -0.843. The molecule has 1 aliphatic rings. The summed E-state index contributed by atoms with van der Waals surface area (Å²) in [4.78, 5) is 45.3. The van der Waals surface area contributed by atoms with Crippen molar-refractivity contribution in [3.05, 3.63) is 94.8 Å². The number of nitrogens with one attached hydrogen (secondary N) is 1. The van der Waals surface area contributed by atoms with E-state index in [2.05, 4.69) is 5.32 Å². The second kappa shape index (κ2) is 13.3. The van der Waals surface area contributed by atoms with Crippen LogP contribution in [0.25, 0.3) is 0 Å². The molecule has 3 aromatic carbocycles. The molecule has 4 rings (SSSR count). The van der Waals surface area contributed by atoms with E-state index in [4.69, 9.17) is 0 Å². The zero-order chi connectivity index (χ0) is 30.6. The Kier molecular flexibility index (Phi) is 9.75. The number of phenolic OH excluding ortho intramolecular Hbond substituents is 2. The van der Waals surface area contributed by atoms with Crippen LogP contribution in [0, 0.1) is 24.6 Å². The van der Waals surface area contributed by atoms with Gasteiger partial charge in [0.15, 0.2) is 11.6 Å². The summed E-state index contributed by atoms with van der Waals surface area (Å²) in [6.07, 6.45) is 0. The van der Waals surface area contributed by atoms with Crippen molar-refractivity contribution in [3.8, 4) is 11.5 Å². The van der Waals surface area contributed by atoms with Gasteiger partial charge in [0.1, 0.15) is 17.3 Å². The van der Waals surface area contributed by atoms with Crippen molar-refractivity contribution in [1.82, 2.24) is 15.1 Å². The maximum absolute atomic E-state index is 14.9. The van der Waals surface area contributed by atoms with E-state index in [0.29, 0.717) is 24.2 Å². The minimum absolute atomic E-state index is 0.0759. The quantitative estimate of drug-likeness (QED) is 0.314. The highest BCUT2D eigenvalue weighted by molar-refractivity contribution is 6.02. The number of halogens is 1. The van der Waals surface area contributed by atoms with Crippen molar-refractivity contribution in [2.24, 2.45) is 11.8 Å². The molecule has 1 heterocycles. The predicted molar refractivity (Wildman–Crippen MR) is 158 cm³/mol. The number of piperidine rings is 1. The molecule has 0 aliphatic carbocycles. The third-order valence-electron chi connectivity index (χ3n) is 8.12. The van der Waals surface area contributed by atoms with Gasteiger partial charge in [-0.3, -0.25) is 19.3 Å². The van der Waals surface area contributed by atoms with Crippen LogP contribution in [0.3, 0.4) is 0 Å². The lowest BCUT2D eigenvalue weighted by molar-refractivity contribution is -0.127. The van der Waals surface area contributed by atoms with Gasteiger partial charge in [-0.15, -0.1) is 0 Å². The third kappa shape index (κ3) is 6.86. The largest absolute Gasteiger partial charge is 0.508 e. The standard InChI is InChI=1S/C33H38FN3O5/c1-20-26(12-7-13-29(20)34)30-27(31(40)22-8-5-10-24(38)16-22)18-37(21(2)33(42)35-14-15-36(3)4)19-28(30)32(41)23-9-6-11-25(39)17-23/h5-13,16-17,21,27-28,30,38-39H,14-15,18-19H2,1-4H3,(H,35,42). The molecule has 8 nitrogen and oxygen atoms in total. The molecule has 9 heteroatoms. The smallest absolute Gasteiger partial charge is 0.237 e. The average molecular weight is 576 g/mol. The molecule has 0 spiro atoms. The van der Waals surface area contributed by atoms with Crippen LogP contribution in [0.5, 0.6) is 11.5 Å². The van der Waals surface area contributed by atoms with Crippen molar-refractivity contribution >= 4 is 17.5 Å². The number of Topliss-reactive ketones (excluding diaryl/α,β-unsaturated/α-hetero) is 2. The summed E-state index contributed by atoms with van der Waals surface area (Å²) < 4.78 is 14.9. The number of benzene rings is 3. The second-order valence-electron chi connectivity index (χ2n) is 11.2. The molecular weight excluding hydrogens is 537 g/mol. The molecule has 0 bridgehead atoms. The molecule has 3 N–H and O–H groups in total. The minimum Gasteiger partial charge on any atom is -0.508 e. The predicted octanol–water partition coefficient (Wildman–Crippen LogP) is 4.01. The second-order valence-corrected chi connectivity index (χ2v) is 11.2. The molecule has 0 radical (unpaired) electrons. The number of nitrogens with zero attached hydrogens (tertiary/aromatic N) is 2. The van der Waals surface area contributed by atoms with Gasteiger partial charge in [-0.1, -0.05) is 36.4 Å². The summed E-state index contributed by atoms with van der Waals surface area (Å²) in [5.41, 5.74) is 1.39. The van der Waals surface area contributed by atoms with Crippen molar-refractivity contribution < 1.29 is 29.0 Å². The first-order chi connectivity index (χ1) is 20.0. The Morgan fingerprint density at radius 2 is 1.45 bits per heavy atom. The van der Waals surface area contributed by atoms with Gasteiger partial charge < -0.3 is 20.4 Å². The number of hydrogen-bond acceptors (Lipinski definition) is 7. The number of likely N-dealkylation sites (N-methyl/N-ethyl adjacent to an activating group) is 1. The van der Waals surface area contributed by atoms with Gasteiger partial charge in [0.05, 0.1) is 6.04 Å². The highest BCUT2D eigenvalue weighted by Gasteiger charge is 2.47. The number of amides is 1. The number of likely N-dealkylation sites (tertiary alicyclic amines) is 1. The Balaban J connectivity index is 1.82. The van der Waals surface area contributed by atoms with E-state index < -0.39 is 29.6 Å². The fraction of sp³-hybridized carbons (Fsp3) is 0.364. The number of aromatic hydroxyl groups is 2. The Hall–Kier alpha value is -4.08. The number of ketones is 2. The van der Waals surface area contributed by atoms with E-state index >= 15 is 0 Å². The van der Waals surface area contributed by atoms with Crippen LogP contribution in [0.1, 0.15) is 44.7 Å². The van der Waals surface area contributed by atoms with Gasteiger partial charge in [0.25, 0.3) is 0 Å². The summed E-state index contributed by atoms with van der Waals surface area (Å²) in [5.74, 6) is -3.89. The zero-order valence-corrected chi connectivity index (χ0v) is 24.4. The van der Waals surface area contributed by atoms with Gasteiger partial charge in [-0.25, -0.2) is 4.39 Å². The number of carbonyl (C=O) groups excluding carboxylic acids is 3. The molecule has 1 aliphatic heterocycles. The molecule has 0 aromatic heterocycles. The van der Waals surface area contributed by atoms with Crippen molar-refractivity contribution in [1.29, 1.82) is 0 Å². The molecule has 0 saturated carbocycles. The molecule has 3 atom stereocenters. The van der Waals surface area contributed by atoms with Crippen LogP contribution in [0.15, 0.2) is 66.7 Å². The van der Waals surface area contributed by atoms with Gasteiger partial charge in [-0.2, -0.15) is 0 Å². The monoisotopic (exact) mass is 575 g/mol. The van der Waals surface area contributed by atoms with E-state index in [9.17, 15) is 29.0 Å². The first-order valence-corrected chi connectivity index (χ1v) is 14.1. The zero-order valence-electron chi connectivity index (χ0n) is 24.4. The highest BCUT2D eigenvalue weighted by Crippen LogP contribution is 2.43. The van der Waals surface area contributed by atoms with E-state index in [1.807, 2.05) is 23.9 Å². The van der Waals surface area contributed by atoms with Crippen LogP contribution in [-0.2, 0) is 4.79 Å². The maximum Gasteiger partial charge on any atom is 0.237 e. The van der Waals surface area contributed by atoms with E-state index in [1.54, 1.807) is 50.2 Å². The lowest BCUT2D eigenvalue weighted by atomic mass is 9.67. The Morgan fingerprint density at radius 3 is 1.95 bits per heavy atom. The number of carbonyl (C=O) groups is 3. The molecule has 3 unspecified atom stereocenters. The van der Waals surface area contributed by atoms with E-state index in [1.165, 1.54) is 30.3 Å². The molecule has 222 valence electrons. The molecule has 1 fully saturated rings. The van der Waals surface area contributed by atoms with Crippen LogP contribution in [0.2, 0.25) is 0 Å². The van der Waals surface area contributed by atoms with Gasteiger partial charge >= 0.3 is 0 Å². The highest BCUT2D eigenvalue weighted by atomic mass is 19.1. The van der Waals surface area contributed by atoms with Crippen molar-refractivity contribution in [3.63, 3.8) is 0 Å². The number of phenols is 2. The van der Waals surface area contributed by atoms with Crippen LogP contribution in [-0.4, -0.2) is 83.8 Å². The molecular formula is C33H38FN3O5. The van der Waals surface area contributed by atoms with Gasteiger partial charge in [0, 0.05) is 55.1 Å². The molecule has 42 heavy (non-hydrogen) atoms.